The van der Waals surface area contributed by atoms with Gasteiger partial charge in [-0.25, -0.2) is 9.78 Å². The molecule has 132 valence electrons. The second-order valence-corrected chi connectivity index (χ2v) is 7.01. The van der Waals surface area contributed by atoms with Gasteiger partial charge in [-0.1, -0.05) is 17.7 Å². The molecule has 0 spiro atoms. The minimum Gasteiger partial charge on any atom is -0.443 e. The van der Waals surface area contributed by atoms with Gasteiger partial charge in [-0.05, 0) is 32.9 Å². The maximum absolute atomic E-state index is 12.2. The molecule has 4 N–H and O–H groups in total. The number of ether oxygens (including phenoxy) is 1. The lowest BCUT2D eigenvalue weighted by Gasteiger charge is -2.23. The van der Waals surface area contributed by atoms with Crippen LogP contribution < -0.4 is 10.6 Å². The van der Waals surface area contributed by atoms with Crippen LogP contribution in [0.5, 0.6) is 0 Å². The van der Waals surface area contributed by atoms with E-state index in [0.717, 1.165) is 16.5 Å². The number of carbonyl (C=O) groups is 1. The first-order valence-corrected chi connectivity index (χ1v) is 7.99. The lowest BCUT2D eigenvalue weighted by atomic mass is 10.1. The third kappa shape index (κ3) is 3.39. The van der Waals surface area contributed by atoms with Gasteiger partial charge in [-0.15, -0.1) is 0 Å². The molecule has 3 rings (SSSR count). The number of halogens is 1. The van der Waals surface area contributed by atoms with E-state index in [-0.39, 0.29) is 0 Å². The minimum atomic E-state index is -0.601. The molecule has 0 aliphatic carbocycles. The molecule has 8 nitrogen and oxygen atoms in total. The first kappa shape index (κ1) is 17.1. The fourth-order valence-corrected chi connectivity index (χ4v) is 2.53. The molecule has 1 aromatic carbocycles. The van der Waals surface area contributed by atoms with E-state index in [4.69, 9.17) is 22.1 Å². The van der Waals surface area contributed by atoms with E-state index >= 15 is 0 Å². The van der Waals surface area contributed by atoms with Gasteiger partial charge in [0.15, 0.2) is 5.82 Å². The lowest BCUT2D eigenvalue weighted by molar-refractivity contribution is 0.0587. The molecule has 0 fully saturated rings. The van der Waals surface area contributed by atoms with Gasteiger partial charge in [0, 0.05) is 18.0 Å². The summed E-state index contributed by atoms with van der Waals surface area (Å²) in [5.41, 5.74) is 7.23. The maximum atomic E-state index is 12.2. The van der Waals surface area contributed by atoms with Gasteiger partial charge in [0.2, 0.25) is 5.95 Å². The summed E-state index contributed by atoms with van der Waals surface area (Å²) in [7, 11) is 1.56. The van der Waals surface area contributed by atoms with Gasteiger partial charge in [0.1, 0.15) is 16.4 Å². The van der Waals surface area contributed by atoms with Crippen molar-refractivity contribution in [1.29, 1.82) is 0 Å². The van der Waals surface area contributed by atoms with Gasteiger partial charge >= 0.3 is 6.09 Å². The van der Waals surface area contributed by atoms with Crippen molar-refractivity contribution in [3.8, 4) is 11.3 Å². The number of hydrogen-bond donors (Lipinski definition) is 3. The molecule has 0 saturated carbocycles. The van der Waals surface area contributed by atoms with Crippen LogP contribution in [0.3, 0.4) is 0 Å². The van der Waals surface area contributed by atoms with Crippen LogP contribution in [0, 0.1) is 0 Å². The molecule has 3 aromatic rings. The average Bonchev–Trinajstić information content (AvgIpc) is 3.08. The van der Waals surface area contributed by atoms with Crippen LogP contribution in [-0.2, 0) is 4.74 Å². The van der Waals surface area contributed by atoms with E-state index in [1.54, 1.807) is 27.8 Å². The third-order valence-corrected chi connectivity index (χ3v) is 3.77. The summed E-state index contributed by atoms with van der Waals surface area (Å²) in [6, 6.07) is 5.53. The van der Waals surface area contributed by atoms with Crippen molar-refractivity contribution in [2.75, 3.05) is 17.7 Å². The van der Waals surface area contributed by atoms with E-state index < -0.39 is 11.7 Å². The number of amides is 1. The molecule has 1 amide bonds. The monoisotopic (exact) mass is 362 g/mol. The fraction of sp³-hybridized carbons (Fsp3) is 0.312. The molecule has 0 bridgehead atoms. The number of nitrogens with zero attached hydrogens (tertiary/aromatic N) is 3. The zero-order chi connectivity index (χ0) is 18.4. The smallest absolute Gasteiger partial charge is 0.416 e. The summed E-state index contributed by atoms with van der Waals surface area (Å²) in [4.78, 5) is 20.7. The predicted molar refractivity (Wildman–Crippen MR) is 97.7 cm³/mol. The van der Waals surface area contributed by atoms with Gasteiger partial charge in [-0.3, -0.25) is 10.00 Å². The highest BCUT2D eigenvalue weighted by Gasteiger charge is 2.23. The predicted octanol–water partition coefficient (Wildman–Crippen LogP) is 3.56. The molecule has 25 heavy (non-hydrogen) atoms. The molecule has 0 aliphatic rings. The quantitative estimate of drug-likeness (QED) is 0.645. The van der Waals surface area contributed by atoms with Crippen molar-refractivity contribution < 1.29 is 9.53 Å². The molecular formula is C16H19ClN6O2. The second-order valence-electron chi connectivity index (χ2n) is 6.63. The average molecular weight is 363 g/mol. The Hall–Kier alpha value is -2.74. The number of H-pyrrole nitrogens is 2. The lowest BCUT2D eigenvalue weighted by Crippen LogP contribution is -2.34. The molecular weight excluding hydrogens is 344 g/mol. The number of benzene rings is 1. The summed E-state index contributed by atoms with van der Waals surface area (Å²) in [6.45, 7) is 5.39. The maximum Gasteiger partial charge on any atom is 0.416 e. The zero-order valence-electron chi connectivity index (χ0n) is 14.3. The first-order valence-electron chi connectivity index (χ1n) is 7.62. The number of carbonyl (C=O) groups excluding carboxylic acids is 1. The Morgan fingerprint density at radius 1 is 1.36 bits per heavy atom. The fourth-order valence-electron chi connectivity index (χ4n) is 2.30. The molecule has 9 heteroatoms. The highest BCUT2D eigenvalue weighted by molar-refractivity contribution is 6.32. The number of aromatic nitrogens is 4. The Labute approximate surface area is 149 Å². The SMILES string of the molecule is CN(C(=O)OC(C)(C)C)c1nc(-c2ccc3c(N)n[nH]c3c2)c(Cl)[nH]1. The Morgan fingerprint density at radius 3 is 2.76 bits per heavy atom. The Balaban J connectivity index is 1.92. The largest absolute Gasteiger partial charge is 0.443 e. The van der Waals surface area contributed by atoms with Crippen molar-refractivity contribution >= 4 is 40.4 Å². The highest BCUT2D eigenvalue weighted by Crippen LogP contribution is 2.31. The topological polar surface area (TPSA) is 113 Å². The van der Waals surface area contributed by atoms with Gasteiger partial charge < -0.3 is 15.5 Å². The van der Waals surface area contributed by atoms with Crippen LogP contribution in [0.4, 0.5) is 16.6 Å². The molecule has 0 atom stereocenters. The van der Waals surface area contributed by atoms with Crippen molar-refractivity contribution in [3.63, 3.8) is 0 Å². The highest BCUT2D eigenvalue weighted by atomic mass is 35.5. The number of fused-ring (bicyclic) bond motifs is 1. The van der Waals surface area contributed by atoms with Crippen molar-refractivity contribution in [2.45, 2.75) is 26.4 Å². The Morgan fingerprint density at radius 2 is 2.08 bits per heavy atom. The number of rotatable bonds is 2. The van der Waals surface area contributed by atoms with E-state index in [1.165, 1.54) is 4.90 Å². The summed E-state index contributed by atoms with van der Waals surface area (Å²) in [5.74, 6) is 0.721. The van der Waals surface area contributed by atoms with Crippen LogP contribution in [0.1, 0.15) is 20.8 Å². The van der Waals surface area contributed by atoms with Crippen LogP contribution >= 0.6 is 11.6 Å². The Bertz CT molecular complexity index is 940. The number of aromatic amines is 2. The van der Waals surface area contributed by atoms with E-state index in [0.29, 0.717) is 22.6 Å². The number of nitrogens with two attached hydrogens (primary N) is 1. The van der Waals surface area contributed by atoms with E-state index in [9.17, 15) is 4.79 Å². The molecule has 2 aromatic heterocycles. The number of anilines is 2. The third-order valence-electron chi connectivity index (χ3n) is 3.50. The standard InChI is InChI=1S/C16H19ClN6O2/c1-16(2,3)25-15(24)23(4)14-19-11(12(17)20-14)8-5-6-9-10(7-8)21-22-13(9)18/h5-7H,1-4H3,(H,19,20)(H3,18,21,22). The Kier molecular flexibility index (Phi) is 4.08. The molecule has 0 radical (unpaired) electrons. The molecule has 0 unspecified atom stereocenters. The summed E-state index contributed by atoms with van der Waals surface area (Å²) in [6.07, 6.45) is -0.527. The summed E-state index contributed by atoms with van der Waals surface area (Å²) in [5, 5.41) is 7.95. The van der Waals surface area contributed by atoms with E-state index in [2.05, 4.69) is 20.2 Å². The van der Waals surface area contributed by atoms with Crippen molar-refractivity contribution in [2.24, 2.45) is 0 Å². The second kappa shape index (κ2) is 5.96. The summed E-state index contributed by atoms with van der Waals surface area (Å²) >= 11 is 6.27. The molecule has 0 saturated heterocycles. The van der Waals surface area contributed by atoms with Crippen LogP contribution in [0.25, 0.3) is 22.2 Å². The summed E-state index contributed by atoms with van der Waals surface area (Å²) < 4.78 is 5.33. The minimum absolute atomic E-state index is 0.290. The van der Waals surface area contributed by atoms with E-state index in [1.807, 2.05) is 18.2 Å². The van der Waals surface area contributed by atoms with Crippen LogP contribution in [0.2, 0.25) is 5.15 Å². The van der Waals surface area contributed by atoms with Crippen molar-refractivity contribution in [1.82, 2.24) is 20.2 Å². The van der Waals surface area contributed by atoms with Gasteiger partial charge in [0.05, 0.1) is 5.52 Å². The number of hydrogen-bond acceptors (Lipinski definition) is 5. The molecule has 0 aliphatic heterocycles. The zero-order valence-corrected chi connectivity index (χ0v) is 15.1. The number of imidazole rings is 1. The number of nitrogen functional groups attached to an aromatic ring is 1. The van der Waals surface area contributed by atoms with Gasteiger partial charge in [-0.2, -0.15) is 5.10 Å². The van der Waals surface area contributed by atoms with Crippen LogP contribution in [0.15, 0.2) is 18.2 Å². The number of nitrogens with one attached hydrogen (secondary N) is 2. The van der Waals surface area contributed by atoms with Crippen molar-refractivity contribution in [3.05, 3.63) is 23.4 Å². The molecule has 2 heterocycles. The first-order chi connectivity index (χ1) is 11.7. The van der Waals surface area contributed by atoms with Crippen LogP contribution in [-0.4, -0.2) is 38.9 Å². The van der Waals surface area contributed by atoms with Gasteiger partial charge in [0.25, 0.3) is 0 Å². The normalized spacial score (nSPS) is 11.7.